The lowest BCUT2D eigenvalue weighted by atomic mass is 10.2. The second-order valence-corrected chi connectivity index (χ2v) is 4.78. The van der Waals surface area contributed by atoms with E-state index in [1.165, 1.54) is 12.1 Å². The van der Waals surface area contributed by atoms with Gasteiger partial charge < -0.3 is 10.1 Å². The minimum absolute atomic E-state index is 0.231. The molecule has 0 amide bonds. The third-order valence-electron chi connectivity index (χ3n) is 2.10. The summed E-state index contributed by atoms with van der Waals surface area (Å²) >= 11 is 3.33. The summed E-state index contributed by atoms with van der Waals surface area (Å²) < 4.78 is 19.0. The number of benzene rings is 1. The normalized spacial score (nSPS) is 10.5. The van der Waals surface area contributed by atoms with Crippen LogP contribution >= 0.6 is 15.9 Å². The lowest BCUT2D eigenvalue weighted by Crippen LogP contribution is -2.19. The zero-order valence-electron chi connectivity index (χ0n) is 9.93. The Balaban J connectivity index is 2.20. The van der Waals surface area contributed by atoms with Crippen LogP contribution in [-0.4, -0.2) is 19.8 Å². The Morgan fingerprint density at radius 3 is 2.94 bits per heavy atom. The molecular weight excluding hydrogens is 285 g/mol. The topological polar surface area (TPSA) is 21.3 Å². The quantitative estimate of drug-likeness (QED) is 0.616. The Bertz CT molecular complexity index is 382. The molecule has 17 heavy (non-hydrogen) atoms. The Morgan fingerprint density at radius 1 is 1.53 bits per heavy atom. The molecule has 0 saturated heterocycles. The Morgan fingerprint density at radius 2 is 2.29 bits per heavy atom. The average Bonchev–Trinajstić information content (AvgIpc) is 2.25. The van der Waals surface area contributed by atoms with Crippen LogP contribution in [-0.2, 0) is 11.3 Å². The van der Waals surface area contributed by atoms with E-state index in [-0.39, 0.29) is 5.82 Å². The molecule has 0 aliphatic rings. The Kier molecular flexibility index (Phi) is 6.40. The fourth-order valence-corrected chi connectivity index (χ4v) is 1.77. The van der Waals surface area contributed by atoms with Crippen molar-refractivity contribution in [2.45, 2.75) is 13.5 Å². The third kappa shape index (κ3) is 5.96. The molecule has 0 spiro atoms. The van der Waals surface area contributed by atoms with E-state index in [1.807, 2.05) is 6.92 Å². The molecule has 0 aliphatic heterocycles. The smallest absolute Gasteiger partial charge is 0.124 e. The molecule has 1 aromatic carbocycles. The van der Waals surface area contributed by atoms with Crippen molar-refractivity contribution in [1.82, 2.24) is 5.32 Å². The van der Waals surface area contributed by atoms with Gasteiger partial charge in [-0.3, -0.25) is 0 Å². The Labute approximate surface area is 110 Å². The van der Waals surface area contributed by atoms with Gasteiger partial charge in [0.2, 0.25) is 0 Å². The molecule has 0 heterocycles. The van der Waals surface area contributed by atoms with Crippen molar-refractivity contribution in [3.8, 4) is 0 Å². The number of rotatable bonds is 7. The van der Waals surface area contributed by atoms with Gasteiger partial charge in [0.05, 0.1) is 13.2 Å². The zero-order valence-corrected chi connectivity index (χ0v) is 11.5. The fraction of sp³-hybridized carbons (Fsp3) is 0.385. The number of hydrogen-bond donors (Lipinski definition) is 1. The van der Waals surface area contributed by atoms with E-state index < -0.39 is 0 Å². The molecule has 0 saturated carbocycles. The molecule has 2 nitrogen and oxygen atoms in total. The number of nitrogens with one attached hydrogen (secondary N) is 1. The molecule has 94 valence electrons. The monoisotopic (exact) mass is 301 g/mol. The second-order valence-electron chi connectivity index (χ2n) is 3.92. The first-order valence-corrected chi connectivity index (χ1v) is 6.25. The SMILES string of the molecule is C=C(C)COCCNCc1ccc(F)cc1Br. The fourth-order valence-electron chi connectivity index (χ4n) is 1.28. The predicted molar refractivity (Wildman–Crippen MR) is 71.4 cm³/mol. The molecule has 0 aromatic heterocycles. The summed E-state index contributed by atoms with van der Waals surface area (Å²) in [6.45, 7) is 8.38. The van der Waals surface area contributed by atoms with Crippen molar-refractivity contribution < 1.29 is 9.13 Å². The van der Waals surface area contributed by atoms with Crippen LogP contribution < -0.4 is 5.32 Å². The standard InChI is InChI=1S/C13H17BrFNO/c1-10(2)9-17-6-5-16-8-11-3-4-12(15)7-13(11)14/h3-4,7,16H,1,5-6,8-9H2,2H3. The maximum atomic E-state index is 12.8. The lowest BCUT2D eigenvalue weighted by molar-refractivity contribution is 0.157. The second kappa shape index (κ2) is 7.58. The van der Waals surface area contributed by atoms with Crippen LogP contribution in [0.1, 0.15) is 12.5 Å². The summed E-state index contributed by atoms with van der Waals surface area (Å²) in [7, 11) is 0. The largest absolute Gasteiger partial charge is 0.376 e. The van der Waals surface area contributed by atoms with Crippen molar-refractivity contribution in [2.75, 3.05) is 19.8 Å². The Hall–Kier alpha value is -0.710. The summed E-state index contributed by atoms with van der Waals surface area (Å²) in [5.74, 6) is -0.231. The molecule has 0 bridgehead atoms. The van der Waals surface area contributed by atoms with Crippen molar-refractivity contribution in [1.29, 1.82) is 0 Å². The summed E-state index contributed by atoms with van der Waals surface area (Å²) in [5, 5.41) is 3.23. The molecule has 0 fully saturated rings. The third-order valence-corrected chi connectivity index (χ3v) is 2.84. The van der Waals surface area contributed by atoms with Crippen LogP contribution in [0.15, 0.2) is 34.8 Å². The van der Waals surface area contributed by atoms with Gasteiger partial charge in [-0.1, -0.05) is 34.1 Å². The van der Waals surface area contributed by atoms with Gasteiger partial charge in [0.1, 0.15) is 5.82 Å². The summed E-state index contributed by atoms with van der Waals surface area (Å²) in [4.78, 5) is 0. The van der Waals surface area contributed by atoms with E-state index in [4.69, 9.17) is 4.74 Å². The van der Waals surface area contributed by atoms with Gasteiger partial charge in [-0.25, -0.2) is 4.39 Å². The molecule has 0 unspecified atom stereocenters. The minimum Gasteiger partial charge on any atom is -0.376 e. The van der Waals surface area contributed by atoms with Crippen molar-refractivity contribution in [3.05, 3.63) is 46.2 Å². The van der Waals surface area contributed by atoms with Gasteiger partial charge in [0, 0.05) is 17.6 Å². The van der Waals surface area contributed by atoms with Crippen LogP contribution in [0.25, 0.3) is 0 Å². The average molecular weight is 302 g/mol. The maximum absolute atomic E-state index is 12.8. The molecular formula is C13H17BrFNO. The number of ether oxygens (including phenoxy) is 1. The van der Waals surface area contributed by atoms with Crippen LogP contribution in [0.5, 0.6) is 0 Å². The summed E-state index contributed by atoms with van der Waals surface area (Å²) in [6.07, 6.45) is 0. The zero-order chi connectivity index (χ0) is 12.7. The molecule has 0 aliphatic carbocycles. The van der Waals surface area contributed by atoms with Crippen LogP contribution in [0, 0.1) is 5.82 Å². The van der Waals surface area contributed by atoms with Crippen molar-refractivity contribution >= 4 is 15.9 Å². The highest BCUT2D eigenvalue weighted by Crippen LogP contribution is 2.17. The highest BCUT2D eigenvalue weighted by Gasteiger charge is 2.00. The van der Waals surface area contributed by atoms with Gasteiger partial charge in [-0.05, 0) is 24.6 Å². The molecule has 1 aromatic rings. The van der Waals surface area contributed by atoms with E-state index >= 15 is 0 Å². The number of halogens is 2. The molecule has 0 radical (unpaired) electrons. The van der Waals surface area contributed by atoms with E-state index in [1.54, 1.807) is 6.07 Å². The molecule has 1 rings (SSSR count). The van der Waals surface area contributed by atoms with E-state index in [0.717, 1.165) is 22.2 Å². The summed E-state index contributed by atoms with van der Waals surface area (Å²) in [5.41, 5.74) is 2.05. The lowest BCUT2D eigenvalue weighted by Gasteiger charge is -2.07. The van der Waals surface area contributed by atoms with E-state index in [2.05, 4.69) is 27.8 Å². The first-order valence-electron chi connectivity index (χ1n) is 5.46. The van der Waals surface area contributed by atoms with Gasteiger partial charge in [-0.15, -0.1) is 0 Å². The van der Waals surface area contributed by atoms with Gasteiger partial charge in [0.25, 0.3) is 0 Å². The highest BCUT2D eigenvalue weighted by molar-refractivity contribution is 9.10. The number of hydrogen-bond acceptors (Lipinski definition) is 2. The van der Waals surface area contributed by atoms with Gasteiger partial charge in [-0.2, -0.15) is 0 Å². The first kappa shape index (κ1) is 14.4. The molecule has 1 N–H and O–H groups in total. The van der Waals surface area contributed by atoms with E-state index in [9.17, 15) is 4.39 Å². The highest BCUT2D eigenvalue weighted by atomic mass is 79.9. The van der Waals surface area contributed by atoms with Crippen molar-refractivity contribution in [2.24, 2.45) is 0 Å². The van der Waals surface area contributed by atoms with Crippen LogP contribution in [0.3, 0.4) is 0 Å². The van der Waals surface area contributed by atoms with Gasteiger partial charge >= 0.3 is 0 Å². The first-order chi connectivity index (χ1) is 8.09. The van der Waals surface area contributed by atoms with E-state index in [0.29, 0.717) is 19.8 Å². The van der Waals surface area contributed by atoms with Crippen molar-refractivity contribution in [3.63, 3.8) is 0 Å². The predicted octanol–water partition coefficient (Wildman–Crippen LogP) is 3.27. The maximum Gasteiger partial charge on any atom is 0.124 e. The molecule has 4 heteroatoms. The summed E-state index contributed by atoms with van der Waals surface area (Å²) in [6, 6.07) is 4.69. The van der Waals surface area contributed by atoms with Gasteiger partial charge in [0.15, 0.2) is 0 Å². The molecule has 0 atom stereocenters. The minimum atomic E-state index is -0.231. The van der Waals surface area contributed by atoms with Crippen LogP contribution in [0.4, 0.5) is 4.39 Å². The van der Waals surface area contributed by atoms with Crippen LogP contribution in [0.2, 0.25) is 0 Å².